The number of nitrogens with zero attached hydrogens (tertiary/aromatic N) is 1. The van der Waals surface area contributed by atoms with Crippen LogP contribution in [-0.2, 0) is 25.8 Å². The molecule has 1 fully saturated rings. The molecule has 4 nitrogen and oxygen atoms in total. The molecule has 5 heteroatoms. The van der Waals surface area contributed by atoms with Gasteiger partial charge in [0.05, 0.1) is 0 Å². The molecule has 0 aliphatic carbocycles. The number of nitrogens with one attached hydrogen (secondary N) is 2. The largest absolute Gasteiger partial charge is 0.358 e. The smallest absolute Gasteiger partial charge is 0.315 e. The molecular formula is C11H23N3OSc-2. The molecule has 0 spiro atoms. The summed E-state index contributed by atoms with van der Waals surface area (Å²) in [5, 5.41) is 5.77. The molecule has 1 radical (unpaired) electrons. The van der Waals surface area contributed by atoms with Crippen molar-refractivity contribution in [2.24, 2.45) is 0 Å². The summed E-state index contributed by atoms with van der Waals surface area (Å²) >= 11 is 0. The minimum absolute atomic E-state index is 0. The summed E-state index contributed by atoms with van der Waals surface area (Å²) in [6, 6.07) is 0.423. The van der Waals surface area contributed by atoms with Gasteiger partial charge in [0.2, 0.25) is 0 Å². The first-order valence-electron chi connectivity index (χ1n) is 5.20. The van der Waals surface area contributed by atoms with E-state index in [0.717, 1.165) is 26.1 Å². The van der Waals surface area contributed by atoms with E-state index in [4.69, 9.17) is 0 Å². The molecule has 2 N–H and O–H groups in total. The van der Waals surface area contributed by atoms with Gasteiger partial charge in [-0.1, -0.05) is 0 Å². The second kappa shape index (κ2) is 9.16. The summed E-state index contributed by atoms with van der Waals surface area (Å²) in [5.41, 5.74) is 0. The Morgan fingerprint density at radius 2 is 2.19 bits per heavy atom. The van der Waals surface area contributed by atoms with Crippen LogP contribution in [0.3, 0.4) is 0 Å². The first-order chi connectivity index (χ1) is 6.61. The Morgan fingerprint density at radius 1 is 1.56 bits per heavy atom. The van der Waals surface area contributed by atoms with Crippen molar-refractivity contribution < 1.29 is 30.6 Å². The first kappa shape index (κ1) is 18.5. The first-order valence-corrected chi connectivity index (χ1v) is 5.20. The summed E-state index contributed by atoms with van der Waals surface area (Å²) in [7, 11) is 0. The summed E-state index contributed by atoms with van der Waals surface area (Å²) < 4.78 is 0. The molecule has 1 aliphatic rings. The average molecular weight is 258 g/mol. The van der Waals surface area contributed by atoms with E-state index >= 15 is 0 Å². The number of hydrogen-bond acceptors (Lipinski definition) is 2. The topological polar surface area (TPSA) is 44.4 Å². The summed E-state index contributed by atoms with van der Waals surface area (Å²) in [6.07, 6.45) is 1.03. The molecule has 1 aliphatic heterocycles. The third-order valence-electron chi connectivity index (χ3n) is 2.34. The van der Waals surface area contributed by atoms with Crippen molar-refractivity contribution in [1.29, 1.82) is 0 Å². The van der Waals surface area contributed by atoms with Crippen LogP contribution in [0.5, 0.6) is 0 Å². The fourth-order valence-electron chi connectivity index (χ4n) is 1.64. The van der Waals surface area contributed by atoms with Gasteiger partial charge in [-0.2, -0.15) is 0 Å². The van der Waals surface area contributed by atoms with Gasteiger partial charge in [-0.3, -0.25) is 0 Å². The molecule has 1 rings (SSSR count). The van der Waals surface area contributed by atoms with E-state index in [-0.39, 0.29) is 51.4 Å². The van der Waals surface area contributed by atoms with Gasteiger partial charge in [0.15, 0.2) is 0 Å². The van der Waals surface area contributed by atoms with Gasteiger partial charge >= 0.3 is 6.03 Å². The maximum atomic E-state index is 11.3. The Bertz CT molecular complexity index is 200. The summed E-state index contributed by atoms with van der Waals surface area (Å²) in [4.78, 5) is 13.6. The van der Waals surface area contributed by atoms with Crippen LogP contribution in [0, 0.1) is 14.4 Å². The zero-order valence-corrected chi connectivity index (χ0v) is 12.4. The molecule has 1 saturated heterocycles. The number of likely N-dealkylation sites (tertiary alicyclic amines) is 1. The standard InChI is InChI=1S/C10H20N3O.CH3.Sc/c1-4-13-6-5-9(7-13)12-10(14)11-8(2)3;;/h8-9H,1,4-7H2,2-3H3,(H2,11,12,14);1H3;/q2*-1;/t9-;;/m0../s1. The monoisotopic (exact) mass is 258 g/mol. The van der Waals surface area contributed by atoms with Gasteiger partial charge in [-0.05, 0) is 26.8 Å². The van der Waals surface area contributed by atoms with Crippen LogP contribution >= 0.6 is 0 Å². The fraction of sp³-hybridized carbons (Fsp3) is 0.727. The zero-order valence-electron chi connectivity index (χ0n) is 10.6. The van der Waals surface area contributed by atoms with Gasteiger partial charge in [0.1, 0.15) is 0 Å². The Labute approximate surface area is 118 Å². The predicted octanol–water partition coefficient (Wildman–Crippen LogP) is 1.05. The van der Waals surface area contributed by atoms with Crippen molar-refractivity contribution in [2.45, 2.75) is 32.4 Å². The second-order valence-corrected chi connectivity index (χ2v) is 4.06. The Balaban J connectivity index is 0. The average Bonchev–Trinajstić information content (AvgIpc) is 2.50. The minimum Gasteiger partial charge on any atom is -0.358 e. The summed E-state index contributed by atoms with van der Waals surface area (Å²) in [6.45, 7) is 10.5. The van der Waals surface area contributed by atoms with E-state index in [1.165, 1.54) is 0 Å². The second-order valence-electron chi connectivity index (χ2n) is 4.06. The van der Waals surface area contributed by atoms with Crippen LogP contribution in [0.15, 0.2) is 0 Å². The quantitative estimate of drug-likeness (QED) is 0.743. The van der Waals surface area contributed by atoms with Crippen LogP contribution in [-0.4, -0.2) is 42.6 Å². The Kier molecular flexibility index (Phi) is 10.6. The zero-order chi connectivity index (χ0) is 10.6. The number of carbonyl (C=O) groups excluding carboxylic acids is 1. The van der Waals surface area contributed by atoms with E-state index in [0.29, 0.717) is 0 Å². The molecule has 0 aromatic carbocycles. The molecule has 0 aromatic heterocycles. The van der Waals surface area contributed by atoms with Crippen LogP contribution in [0.25, 0.3) is 0 Å². The normalized spacial score (nSPS) is 19.9. The summed E-state index contributed by atoms with van der Waals surface area (Å²) in [5.74, 6) is 0. The number of urea groups is 1. The molecule has 0 bridgehead atoms. The third-order valence-corrected chi connectivity index (χ3v) is 2.34. The molecule has 0 aromatic rings. The van der Waals surface area contributed by atoms with Gasteiger partial charge in [-0.15, -0.1) is 6.54 Å². The van der Waals surface area contributed by atoms with E-state index in [1.807, 2.05) is 13.8 Å². The Hall–Kier alpha value is 0.100. The molecular weight excluding hydrogens is 235 g/mol. The van der Waals surface area contributed by atoms with Crippen molar-refractivity contribution >= 4 is 6.03 Å². The Morgan fingerprint density at radius 3 is 2.62 bits per heavy atom. The molecule has 16 heavy (non-hydrogen) atoms. The maximum Gasteiger partial charge on any atom is 0.315 e. The number of hydrogen-bond donors (Lipinski definition) is 2. The van der Waals surface area contributed by atoms with Crippen LogP contribution in [0.4, 0.5) is 4.79 Å². The maximum absolute atomic E-state index is 11.3. The molecule has 0 saturated carbocycles. The van der Waals surface area contributed by atoms with Crippen LogP contribution in [0.1, 0.15) is 20.3 Å². The number of carbonyl (C=O) groups is 1. The molecule has 93 valence electrons. The van der Waals surface area contributed by atoms with Crippen molar-refractivity contribution in [2.75, 3.05) is 19.6 Å². The van der Waals surface area contributed by atoms with E-state index < -0.39 is 0 Å². The molecule has 1 atom stereocenters. The number of amides is 2. The van der Waals surface area contributed by atoms with Gasteiger partial charge in [0, 0.05) is 44.5 Å². The molecule has 2 amide bonds. The van der Waals surface area contributed by atoms with Crippen molar-refractivity contribution in [3.8, 4) is 0 Å². The van der Waals surface area contributed by atoms with Crippen LogP contribution in [0.2, 0.25) is 0 Å². The van der Waals surface area contributed by atoms with E-state index in [1.54, 1.807) is 0 Å². The fourth-order valence-corrected chi connectivity index (χ4v) is 1.64. The van der Waals surface area contributed by atoms with Gasteiger partial charge in [-0.25, -0.2) is 4.79 Å². The SMILES string of the molecule is [CH2-]CN1CC[C@H](NC(=O)NC(C)C)C1.[CH3-].[Sc]. The van der Waals surface area contributed by atoms with E-state index in [9.17, 15) is 4.79 Å². The van der Waals surface area contributed by atoms with Crippen LogP contribution < -0.4 is 10.6 Å². The van der Waals surface area contributed by atoms with E-state index in [2.05, 4.69) is 22.5 Å². The van der Waals surface area contributed by atoms with Crippen molar-refractivity contribution in [1.82, 2.24) is 15.5 Å². The minimum atomic E-state index is -0.0593. The number of rotatable bonds is 3. The van der Waals surface area contributed by atoms with Crippen molar-refractivity contribution in [3.05, 3.63) is 14.4 Å². The molecule has 0 unspecified atom stereocenters. The predicted molar refractivity (Wildman–Crippen MR) is 63.4 cm³/mol. The van der Waals surface area contributed by atoms with Gasteiger partial charge in [0.25, 0.3) is 0 Å². The van der Waals surface area contributed by atoms with Crippen molar-refractivity contribution in [3.63, 3.8) is 0 Å². The molecule has 1 heterocycles. The van der Waals surface area contributed by atoms with Gasteiger partial charge < -0.3 is 29.9 Å². The third kappa shape index (κ3) is 6.63.